The highest BCUT2D eigenvalue weighted by atomic mass is 16.6. The van der Waals surface area contributed by atoms with Gasteiger partial charge in [0.05, 0.1) is 49.3 Å². The largest absolute Gasteiger partial charge is 0.390 e. The lowest BCUT2D eigenvalue weighted by Gasteiger charge is -2.28. The van der Waals surface area contributed by atoms with E-state index >= 15 is 0 Å². The highest BCUT2D eigenvalue weighted by Gasteiger charge is 2.46. The number of fused-ring (bicyclic) bond motifs is 3. The first-order valence-corrected chi connectivity index (χ1v) is 14.1. The first-order valence-electron chi connectivity index (χ1n) is 14.1. The molecule has 7 nitrogen and oxygen atoms in total. The van der Waals surface area contributed by atoms with Crippen LogP contribution in [0.3, 0.4) is 0 Å². The van der Waals surface area contributed by atoms with E-state index in [-0.39, 0.29) is 48.6 Å². The SMILES string of the molecule is C=C1C[C@H](C)C[C@@H]2CC=C[C@@H](CC=CC(=O)N[C@H]([C@H](C=C[C@@H]3CC(C)=CCO3)OC)C[C@@H]3OC3[C@@H](O)C1)O2. The summed E-state index contributed by atoms with van der Waals surface area (Å²) in [6.07, 6.45) is 17.7. The fourth-order valence-corrected chi connectivity index (χ4v) is 5.79. The molecule has 7 heteroatoms. The zero-order chi connectivity index (χ0) is 27.1. The molecule has 1 fully saturated rings. The molecule has 4 aliphatic rings. The van der Waals surface area contributed by atoms with E-state index in [2.05, 4.69) is 44.0 Å². The second-order valence-electron chi connectivity index (χ2n) is 11.4. The van der Waals surface area contributed by atoms with E-state index in [1.165, 1.54) is 5.57 Å². The van der Waals surface area contributed by atoms with Crippen molar-refractivity contribution < 1.29 is 28.8 Å². The van der Waals surface area contributed by atoms with Crippen molar-refractivity contribution in [3.63, 3.8) is 0 Å². The van der Waals surface area contributed by atoms with Crippen molar-refractivity contribution in [2.24, 2.45) is 5.92 Å². The first-order chi connectivity index (χ1) is 18.3. The third-order valence-electron chi connectivity index (χ3n) is 7.82. The Morgan fingerprint density at radius 1 is 1.18 bits per heavy atom. The molecule has 9 atom stereocenters. The molecule has 0 radical (unpaired) electrons. The third-order valence-corrected chi connectivity index (χ3v) is 7.82. The molecule has 0 aliphatic carbocycles. The van der Waals surface area contributed by atoms with Gasteiger partial charge in [-0.05, 0) is 63.9 Å². The van der Waals surface area contributed by atoms with E-state index in [1.54, 1.807) is 13.2 Å². The Morgan fingerprint density at radius 3 is 2.82 bits per heavy atom. The minimum atomic E-state index is -0.616. The fourth-order valence-electron chi connectivity index (χ4n) is 5.79. The van der Waals surface area contributed by atoms with Crippen molar-refractivity contribution in [3.8, 4) is 0 Å². The third kappa shape index (κ3) is 8.75. The van der Waals surface area contributed by atoms with Gasteiger partial charge in [0.25, 0.3) is 0 Å². The van der Waals surface area contributed by atoms with Crippen LogP contribution in [0.5, 0.6) is 0 Å². The summed E-state index contributed by atoms with van der Waals surface area (Å²) in [5, 5.41) is 14.0. The van der Waals surface area contributed by atoms with Gasteiger partial charge in [0.2, 0.25) is 5.91 Å². The molecule has 38 heavy (non-hydrogen) atoms. The molecule has 0 aromatic heterocycles. The number of ether oxygens (including phenoxy) is 4. The predicted octanol–water partition coefficient (Wildman–Crippen LogP) is 4.33. The summed E-state index contributed by atoms with van der Waals surface area (Å²) < 4.78 is 23.8. The van der Waals surface area contributed by atoms with Crippen molar-refractivity contribution in [1.82, 2.24) is 5.32 Å². The van der Waals surface area contributed by atoms with E-state index in [1.807, 2.05) is 18.2 Å². The van der Waals surface area contributed by atoms with Gasteiger partial charge in [0.15, 0.2) is 0 Å². The lowest BCUT2D eigenvalue weighted by molar-refractivity contribution is -0.118. The molecule has 1 amide bonds. The molecule has 210 valence electrons. The van der Waals surface area contributed by atoms with Gasteiger partial charge < -0.3 is 29.4 Å². The van der Waals surface area contributed by atoms with Gasteiger partial charge in [-0.25, -0.2) is 0 Å². The number of rotatable bonds is 4. The van der Waals surface area contributed by atoms with Crippen LogP contribution in [0, 0.1) is 5.92 Å². The molecular weight excluding hydrogens is 482 g/mol. The second-order valence-corrected chi connectivity index (χ2v) is 11.4. The van der Waals surface area contributed by atoms with E-state index in [0.29, 0.717) is 31.8 Å². The number of aliphatic hydroxyl groups excluding tert-OH is 1. The Morgan fingerprint density at radius 2 is 2.03 bits per heavy atom. The van der Waals surface area contributed by atoms with E-state index < -0.39 is 6.10 Å². The van der Waals surface area contributed by atoms with E-state index in [4.69, 9.17) is 18.9 Å². The molecule has 1 unspecified atom stereocenters. The normalized spacial score (nSPS) is 38.1. The molecule has 1 saturated heterocycles. The van der Waals surface area contributed by atoms with Crippen molar-refractivity contribution in [3.05, 3.63) is 60.3 Å². The van der Waals surface area contributed by atoms with Gasteiger partial charge in [-0.3, -0.25) is 4.79 Å². The lowest BCUT2D eigenvalue weighted by Crippen LogP contribution is -2.44. The number of nitrogens with one attached hydrogen (secondary N) is 1. The van der Waals surface area contributed by atoms with Crippen LogP contribution in [0.4, 0.5) is 0 Å². The van der Waals surface area contributed by atoms with Crippen LogP contribution in [-0.2, 0) is 23.7 Å². The second kappa shape index (κ2) is 13.9. The average molecular weight is 528 g/mol. The molecule has 2 bridgehead atoms. The molecule has 2 N–H and O–H groups in total. The maximum Gasteiger partial charge on any atom is 0.243 e. The first kappa shape index (κ1) is 29.0. The molecule has 0 aromatic rings. The number of hydrogen-bond donors (Lipinski definition) is 2. The quantitative estimate of drug-likeness (QED) is 0.418. The molecule has 4 aliphatic heterocycles. The number of amides is 1. The highest BCUT2D eigenvalue weighted by molar-refractivity contribution is 5.87. The standard InChI is InChI=1S/C31H45NO6/c1-20-13-14-36-24(16-20)11-12-28(35-4)26-19-29-31(38-29)27(33)18-22(3)15-21(2)17-25-9-5-7-23(37-25)8-6-10-30(34)32-26/h5-7,10-13,21,23-29,31,33H,3,8-9,14-19H2,1-2,4H3,(H,32,34)/t21-,23-,24+,25-,26-,27-,28-,29-,31?/m0/s1. The Kier molecular flexibility index (Phi) is 10.6. The zero-order valence-corrected chi connectivity index (χ0v) is 23.1. The lowest BCUT2D eigenvalue weighted by atomic mass is 9.90. The summed E-state index contributed by atoms with van der Waals surface area (Å²) in [5.74, 6) is 0.226. The summed E-state index contributed by atoms with van der Waals surface area (Å²) in [5.41, 5.74) is 2.34. The molecule has 4 heterocycles. The molecule has 4 rings (SSSR count). The molecule has 0 aromatic carbocycles. The monoisotopic (exact) mass is 527 g/mol. The summed E-state index contributed by atoms with van der Waals surface area (Å²) in [7, 11) is 1.64. The summed E-state index contributed by atoms with van der Waals surface area (Å²) >= 11 is 0. The Labute approximate surface area is 227 Å². The predicted molar refractivity (Wildman–Crippen MR) is 148 cm³/mol. The minimum Gasteiger partial charge on any atom is -0.390 e. The zero-order valence-electron chi connectivity index (χ0n) is 23.1. The van der Waals surface area contributed by atoms with E-state index in [0.717, 1.165) is 31.3 Å². The fraction of sp³-hybridized carbons (Fsp3) is 0.645. The van der Waals surface area contributed by atoms with Crippen molar-refractivity contribution in [2.75, 3.05) is 13.7 Å². The smallest absolute Gasteiger partial charge is 0.243 e. The van der Waals surface area contributed by atoms with Crippen LogP contribution < -0.4 is 5.32 Å². The van der Waals surface area contributed by atoms with Gasteiger partial charge >= 0.3 is 0 Å². The van der Waals surface area contributed by atoms with Gasteiger partial charge in [0.1, 0.15) is 6.10 Å². The van der Waals surface area contributed by atoms with Crippen LogP contribution in [0.25, 0.3) is 0 Å². The number of methoxy groups -OCH3 is 1. The van der Waals surface area contributed by atoms with Crippen molar-refractivity contribution in [1.29, 1.82) is 0 Å². The van der Waals surface area contributed by atoms with E-state index in [9.17, 15) is 9.90 Å². The maximum absolute atomic E-state index is 12.9. The molecule has 0 spiro atoms. The van der Waals surface area contributed by atoms with Gasteiger partial charge in [-0.2, -0.15) is 0 Å². The van der Waals surface area contributed by atoms with Crippen LogP contribution >= 0.6 is 0 Å². The van der Waals surface area contributed by atoms with Gasteiger partial charge in [-0.1, -0.05) is 61.1 Å². The molecular formula is C31H45NO6. The van der Waals surface area contributed by atoms with Crippen LogP contribution in [-0.4, -0.2) is 73.5 Å². The maximum atomic E-state index is 12.9. The van der Waals surface area contributed by atoms with Crippen LogP contribution in [0.2, 0.25) is 0 Å². The summed E-state index contributed by atoms with van der Waals surface area (Å²) in [6, 6.07) is -0.326. The number of carbonyl (C=O) groups excluding carboxylic acids is 1. The Bertz CT molecular complexity index is 939. The van der Waals surface area contributed by atoms with Crippen LogP contribution in [0.1, 0.15) is 58.8 Å². The number of carbonyl (C=O) groups is 1. The van der Waals surface area contributed by atoms with Gasteiger partial charge in [-0.15, -0.1) is 0 Å². The van der Waals surface area contributed by atoms with Gasteiger partial charge in [0, 0.05) is 7.11 Å². The number of epoxide rings is 1. The summed E-state index contributed by atoms with van der Waals surface area (Å²) in [6.45, 7) is 9.16. The minimum absolute atomic E-state index is 0.0139. The summed E-state index contributed by atoms with van der Waals surface area (Å²) in [4.78, 5) is 12.9. The topological polar surface area (TPSA) is 89.6 Å². The van der Waals surface area contributed by atoms with Crippen molar-refractivity contribution in [2.45, 2.75) is 108 Å². The number of aliphatic hydroxyl groups is 1. The Balaban J connectivity index is 1.47. The Hall–Kier alpha value is -2.03. The van der Waals surface area contributed by atoms with Crippen molar-refractivity contribution >= 4 is 5.91 Å². The number of hydrogen-bond acceptors (Lipinski definition) is 6. The molecule has 0 saturated carbocycles. The highest BCUT2D eigenvalue weighted by Crippen LogP contribution is 2.34. The average Bonchev–Trinajstić information content (AvgIpc) is 3.63. The van der Waals surface area contributed by atoms with Crippen LogP contribution in [0.15, 0.2) is 60.3 Å².